The molecule has 2 N–H and O–H groups in total. The highest BCUT2D eigenvalue weighted by atomic mass is 16.2. The Hall–Kier alpha value is -2.28. The topological polar surface area (TPSA) is 89.9 Å². The van der Waals surface area contributed by atoms with Gasteiger partial charge in [-0.05, 0) is 42.4 Å². The number of benzene rings is 1. The van der Waals surface area contributed by atoms with Crippen molar-refractivity contribution in [1.29, 1.82) is 0 Å². The lowest BCUT2D eigenvalue weighted by atomic mass is 9.83. The number of amides is 1. The van der Waals surface area contributed by atoms with Crippen LogP contribution >= 0.6 is 0 Å². The third-order valence-corrected chi connectivity index (χ3v) is 5.91. The summed E-state index contributed by atoms with van der Waals surface area (Å²) in [5, 5.41) is 13.0. The van der Waals surface area contributed by atoms with E-state index in [2.05, 4.69) is 15.4 Å². The smallest absolute Gasteiger partial charge is 0.240 e. The Morgan fingerprint density at radius 1 is 1.11 bits per heavy atom. The molecule has 1 aromatic carbocycles. The predicted molar refractivity (Wildman–Crippen MR) is 102 cm³/mol. The van der Waals surface area contributed by atoms with Gasteiger partial charge in [-0.1, -0.05) is 49.6 Å². The third kappa shape index (κ3) is 4.03. The molecule has 1 saturated heterocycles. The zero-order valence-corrected chi connectivity index (χ0v) is 15.7. The van der Waals surface area contributed by atoms with Crippen LogP contribution in [0.4, 0.5) is 0 Å². The summed E-state index contributed by atoms with van der Waals surface area (Å²) in [5.41, 5.74) is 7.49. The van der Waals surface area contributed by atoms with Crippen molar-refractivity contribution in [2.24, 2.45) is 11.7 Å². The first-order valence-corrected chi connectivity index (χ1v) is 10.1. The number of hydrogen-bond donors (Lipinski definition) is 1. The SMILES string of the molecule is NC(C(=O)N1CCC[C@H]1c1nnn(Cc2ccccc2)n1)C1CCCCC1. The van der Waals surface area contributed by atoms with Crippen LogP contribution in [0.5, 0.6) is 0 Å². The highest BCUT2D eigenvalue weighted by Crippen LogP contribution is 2.32. The molecular formula is C20H28N6O. The Morgan fingerprint density at radius 3 is 2.67 bits per heavy atom. The molecule has 4 rings (SSSR count). The van der Waals surface area contributed by atoms with Crippen molar-refractivity contribution >= 4 is 5.91 Å². The average molecular weight is 368 g/mol. The summed E-state index contributed by atoms with van der Waals surface area (Å²) >= 11 is 0. The maximum Gasteiger partial charge on any atom is 0.240 e. The predicted octanol–water partition coefficient (Wildman–Crippen LogP) is 2.29. The lowest BCUT2D eigenvalue weighted by molar-refractivity contribution is -0.135. The summed E-state index contributed by atoms with van der Waals surface area (Å²) in [6, 6.07) is 9.56. The van der Waals surface area contributed by atoms with Crippen LogP contribution < -0.4 is 5.73 Å². The van der Waals surface area contributed by atoms with Gasteiger partial charge >= 0.3 is 0 Å². The summed E-state index contributed by atoms with van der Waals surface area (Å²) in [4.78, 5) is 16.5. The van der Waals surface area contributed by atoms with E-state index in [0.29, 0.717) is 18.3 Å². The van der Waals surface area contributed by atoms with Crippen LogP contribution in [0.3, 0.4) is 0 Å². The molecule has 0 radical (unpaired) electrons. The zero-order chi connectivity index (χ0) is 18.6. The average Bonchev–Trinajstić information content (AvgIpc) is 3.37. The number of rotatable bonds is 5. The van der Waals surface area contributed by atoms with Gasteiger partial charge < -0.3 is 10.6 Å². The molecule has 7 heteroatoms. The van der Waals surface area contributed by atoms with Crippen molar-refractivity contribution in [3.63, 3.8) is 0 Å². The minimum absolute atomic E-state index is 0.0591. The number of carbonyl (C=O) groups is 1. The Morgan fingerprint density at radius 2 is 1.89 bits per heavy atom. The van der Waals surface area contributed by atoms with Crippen LogP contribution in [0.1, 0.15) is 62.4 Å². The van der Waals surface area contributed by atoms with Crippen molar-refractivity contribution in [2.45, 2.75) is 63.6 Å². The summed E-state index contributed by atoms with van der Waals surface area (Å²) in [6.07, 6.45) is 7.60. The zero-order valence-electron chi connectivity index (χ0n) is 15.7. The largest absolute Gasteiger partial charge is 0.331 e. The van der Waals surface area contributed by atoms with Crippen LogP contribution in [0.2, 0.25) is 0 Å². The summed E-state index contributed by atoms with van der Waals surface area (Å²) in [5.74, 6) is 1.01. The molecule has 1 amide bonds. The number of nitrogens with zero attached hydrogens (tertiary/aromatic N) is 5. The van der Waals surface area contributed by atoms with E-state index in [4.69, 9.17) is 5.73 Å². The molecule has 2 atom stereocenters. The van der Waals surface area contributed by atoms with Crippen LogP contribution in [0.15, 0.2) is 30.3 Å². The normalized spacial score (nSPS) is 22.1. The number of likely N-dealkylation sites (tertiary alicyclic amines) is 1. The van der Waals surface area contributed by atoms with Gasteiger partial charge in [0.2, 0.25) is 5.91 Å². The van der Waals surface area contributed by atoms with Gasteiger partial charge in [-0.15, -0.1) is 10.2 Å². The molecule has 1 aliphatic heterocycles. The molecule has 2 aromatic rings. The first-order valence-electron chi connectivity index (χ1n) is 10.1. The Bertz CT molecular complexity index is 755. The van der Waals surface area contributed by atoms with E-state index >= 15 is 0 Å². The minimum atomic E-state index is -0.398. The van der Waals surface area contributed by atoms with Gasteiger partial charge in [0.1, 0.15) is 0 Å². The molecule has 2 fully saturated rings. The maximum atomic E-state index is 13.0. The number of nitrogens with two attached hydrogens (primary N) is 1. The van der Waals surface area contributed by atoms with Crippen molar-refractivity contribution in [3.05, 3.63) is 41.7 Å². The highest BCUT2D eigenvalue weighted by molar-refractivity contribution is 5.82. The molecule has 0 spiro atoms. The quantitative estimate of drug-likeness (QED) is 0.874. The van der Waals surface area contributed by atoms with Gasteiger partial charge in [0, 0.05) is 6.54 Å². The van der Waals surface area contributed by atoms with E-state index in [9.17, 15) is 4.79 Å². The van der Waals surface area contributed by atoms with Crippen LogP contribution in [0.25, 0.3) is 0 Å². The van der Waals surface area contributed by atoms with E-state index in [1.807, 2.05) is 35.2 Å². The molecule has 27 heavy (non-hydrogen) atoms. The van der Waals surface area contributed by atoms with Crippen LogP contribution in [-0.2, 0) is 11.3 Å². The molecule has 1 aliphatic carbocycles. The molecule has 144 valence electrons. The number of hydrogen-bond acceptors (Lipinski definition) is 5. The van der Waals surface area contributed by atoms with Gasteiger partial charge in [0.15, 0.2) is 5.82 Å². The fourth-order valence-electron chi connectivity index (χ4n) is 4.39. The first-order chi connectivity index (χ1) is 13.2. The van der Waals surface area contributed by atoms with Gasteiger partial charge in [0.25, 0.3) is 0 Å². The maximum absolute atomic E-state index is 13.0. The Balaban J connectivity index is 1.44. The Kier molecular flexibility index (Phi) is 5.48. The molecular weight excluding hydrogens is 340 g/mol. The van der Waals surface area contributed by atoms with E-state index in [-0.39, 0.29) is 11.9 Å². The number of tetrazole rings is 1. The van der Waals surface area contributed by atoms with Crippen LogP contribution in [-0.4, -0.2) is 43.6 Å². The molecule has 7 nitrogen and oxygen atoms in total. The van der Waals surface area contributed by atoms with Gasteiger partial charge in [-0.2, -0.15) is 4.80 Å². The Labute approximate surface area is 159 Å². The van der Waals surface area contributed by atoms with Gasteiger partial charge in [-0.3, -0.25) is 4.79 Å². The summed E-state index contributed by atoms with van der Waals surface area (Å²) in [7, 11) is 0. The molecule has 1 saturated carbocycles. The van der Waals surface area contributed by atoms with Crippen molar-refractivity contribution in [3.8, 4) is 0 Å². The molecule has 2 aliphatic rings. The summed E-state index contributed by atoms with van der Waals surface area (Å²) in [6.45, 7) is 1.31. The van der Waals surface area contributed by atoms with Crippen molar-refractivity contribution < 1.29 is 4.79 Å². The number of carbonyl (C=O) groups excluding carboxylic acids is 1. The van der Waals surface area contributed by atoms with Crippen molar-refractivity contribution in [2.75, 3.05) is 6.54 Å². The molecule has 1 unspecified atom stereocenters. The molecule has 0 bridgehead atoms. The van der Waals surface area contributed by atoms with E-state index in [1.54, 1.807) is 4.80 Å². The van der Waals surface area contributed by atoms with Crippen molar-refractivity contribution in [1.82, 2.24) is 25.1 Å². The fraction of sp³-hybridized carbons (Fsp3) is 0.600. The lowest BCUT2D eigenvalue weighted by Crippen LogP contribution is -2.48. The second-order valence-corrected chi connectivity index (χ2v) is 7.78. The van der Waals surface area contributed by atoms with E-state index in [1.165, 1.54) is 19.3 Å². The summed E-state index contributed by atoms with van der Waals surface area (Å²) < 4.78 is 0. The van der Waals surface area contributed by atoms with E-state index < -0.39 is 6.04 Å². The monoisotopic (exact) mass is 368 g/mol. The lowest BCUT2D eigenvalue weighted by Gasteiger charge is -2.31. The second-order valence-electron chi connectivity index (χ2n) is 7.78. The third-order valence-electron chi connectivity index (χ3n) is 5.91. The van der Waals surface area contributed by atoms with E-state index in [0.717, 1.165) is 37.8 Å². The number of aromatic nitrogens is 4. The standard InChI is InChI=1S/C20H28N6O/c21-18(16-10-5-2-6-11-16)20(27)25-13-7-12-17(25)19-22-24-26(23-19)14-15-8-3-1-4-9-15/h1,3-4,8-9,16-18H,2,5-7,10-14,21H2/t17-,18?/m0/s1. The first kappa shape index (κ1) is 18.1. The minimum Gasteiger partial charge on any atom is -0.331 e. The van der Waals surface area contributed by atoms with Gasteiger partial charge in [0.05, 0.1) is 18.6 Å². The molecule has 2 heterocycles. The van der Waals surface area contributed by atoms with Crippen LogP contribution in [0, 0.1) is 5.92 Å². The fourth-order valence-corrected chi connectivity index (χ4v) is 4.39. The van der Waals surface area contributed by atoms with Gasteiger partial charge in [-0.25, -0.2) is 0 Å². The second kappa shape index (κ2) is 8.17. The molecule has 1 aromatic heterocycles. The highest BCUT2D eigenvalue weighted by Gasteiger charge is 2.37.